The molecular weight excluding hydrogens is 214 g/mol. The summed E-state index contributed by atoms with van der Waals surface area (Å²) < 4.78 is 11.6. The monoisotopic (exact) mass is 241 g/mol. The summed E-state index contributed by atoms with van der Waals surface area (Å²) in [7, 11) is 2.08. The summed E-state index contributed by atoms with van der Waals surface area (Å²) in [6, 6.07) is 0.493. The van der Waals surface area contributed by atoms with Crippen molar-refractivity contribution in [3.05, 3.63) is 0 Å². The van der Waals surface area contributed by atoms with Gasteiger partial charge in [0, 0.05) is 38.7 Å². The van der Waals surface area contributed by atoms with Crippen LogP contribution in [0.25, 0.3) is 0 Å². The molecule has 0 spiro atoms. The van der Waals surface area contributed by atoms with E-state index in [0.717, 1.165) is 38.6 Å². The lowest BCUT2D eigenvalue weighted by atomic mass is 9.83. The van der Waals surface area contributed by atoms with Crippen LogP contribution in [-0.4, -0.2) is 38.5 Å². The van der Waals surface area contributed by atoms with Gasteiger partial charge in [-0.05, 0) is 32.7 Å². The molecule has 1 unspecified atom stereocenters. The fraction of sp³-hybridized carbons (Fsp3) is 1.00. The van der Waals surface area contributed by atoms with Crippen LogP contribution in [0.3, 0.4) is 0 Å². The van der Waals surface area contributed by atoms with Crippen LogP contribution in [0.15, 0.2) is 0 Å². The molecule has 1 heterocycles. The van der Waals surface area contributed by atoms with Crippen LogP contribution in [0.4, 0.5) is 0 Å². The Morgan fingerprint density at radius 1 is 1.35 bits per heavy atom. The zero-order valence-corrected chi connectivity index (χ0v) is 11.3. The molecule has 0 aromatic rings. The first-order valence-electron chi connectivity index (χ1n) is 7.19. The van der Waals surface area contributed by atoms with E-state index in [-0.39, 0.29) is 5.60 Å². The number of likely N-dealkylation sites (N-methyl/N-ethyl adjacent to an activating group) is 1. The van der Waals surface area contributed by atoms with Gasteiger partial charge < -0.3 is 14.8 Å². The van der Waals surface area contributed by atoms with Crippen molar-refractivity contribution >= 4 is 0 Å². The van der Waals surface area contributed by atoms with Gasteiger partial charge in [0.15, 0.2) is 0 Å². The molecule has 3 nitrogen and oxygen atoms in total. The molecule has 0 radical (unpaired) electrons. The van der Waals surface area contributed by atoms with Crippen LogP contribution in [0, 0.1) is 5.92 Å². The molecule has 0 amide bonds. The quantitative estimate of drug-likeness (QED) is 0.742. The Labute approximate surface area is 105 Å². The third kappa shape index (κ3) is 3.43. The highest BCUT2D eigenvalue weighted by Gasteiger charge is 2.40. The number of rotatable bonds is 7. The average molecular weight is 241 g/mol. The van der Waals surface area contributed by atoms with Gasteiger partial charge in [-0.3, -0.25) is 0 Å². The van der Waals surface area contributed by atoms with Gasteiger partial charge in [-0.25, -0.2) is 0 Å². The Bertz CT molecular complexity index is 217. The lowest BCUT2D eigenvalue weighted by molar-refractivity contribution is -0.127. The van der Waals surface area contributed by atoms with E-state index in [0.29, 0.717) is 6.04 Å². The highest BCUT2D eigenvalue weighted by molar-refractivity contribution is 4.95. The van der Waals surface area contributed by atoms with E-state index in [2.05, 4.69) is 19.3 Å². The molecule has 1 atom stereocenters. The molecule has 0 aromatic heterocycles. The molecule has 2 fully saturated rings. The van der Waals surface area contributed by atoms with Gasteiger partial charge in [-0.2, -0.15) is 0 Å². The summed E-state index contributed by atoms with van der Waals surface area (Å²) in [5.41, 5.74) is 0.0244. The zero-order chi connectivity index (χ0) is 12.1. The Morgan fingerprint density at radius 2 is 2.06 bits per heavy atom. The van der Waals surface area contributed by atoms with Gasteiger partial charge in [0.05, 0.1) is 5.60 Å². The molecule has 1 aliphatic heterocycles. The Hall–Kier alpha value is -0.120. The number of hydrogen-bond donors (Lipinski definition) is 1. The van der Waals surface area contributed by atoms with Gasteiger partial charge in [-0.1, -0.05) is 12.8 Å². The summed E-state index contributed by atoms with van der Waals surface area (Å²) in [4.78, 5) is 0. The second kappa shape index (κ2) is 6.17. The maximum absolute atomic E-state index is 6.13. The van der Waals surface area contributed by atoms with E-state index in [1.165, 1.54) is 25.7 Å². The SMILES string of the molecule is CCOC1(C(CCC2CC2)NC)CCOCC1. The van der Waals surface area contributed by atoms with E-state index in [1.54, 1.807) is 0 Å². The zero-order valence-electron chi connectivity index (χ0n) is 11.3. The van der Waals surface area contributed by atoms with E-state index < -0.39 is 0 Å². The molecule has 1 aliphatic carbocycles. The van der Waals surface area contributed by atoms with E-state index in [4.69, 9.17) is 9.47 Å². The minimum absolute atomic E-state index is 0.0244. The van der Waals surface area contributed by atoms with Crippen LogP contribution in [-0.2, 0) is 9.47 Å². The molecular formula is C14H27NO2. The molecule has 1 saturated heterocycles. The summed E-state index contributed by atoms with van der Waals surface area (Å²) in [5.74, 6) is 1.00. The van der Waals surface area contributed by atoms with Crippen molar-refractivity contribution in [2.45, 2.75) is 57.1 Å². The topological polar surface area (TPSA) is 30.5 Å². The van der Waals surface area contributed by atoms with Crippen molar-refractivity contribution in [3.8, 4) is 0 Å². The fourth-order valence-corrected chi connectivity index (χ4v) is 3.08. The second-order valence-corrected chi connectivity index (χ2v) is 5.47. The van der Waals surface area contributed by atoms with Gasteiger partial charge >= 0.3 is 0 Å². The minimum atomic E-state index is 0.0244. The molecule has 0 aromatic carbocycles. The molecule has 17 heavy (non-hydrogen) atoms. The first kappa shape index (κ1) is 13.3. The molecule has 100 valence electrons. The molecule has 1 N–H and O–H groups in total. The van der Waals surface area contributed by atoms with Crippen molar-refractivity contribution in [2.24, 2.45) is 5.92 Å². The van der Waals surface area contributed by atoms with Crippen molar-refractivity contribution in [1.29, 1.82) is 0 Å². The number of ether oxygens (including phenoxy) is 2. The largest absolute Gasteiger partial charge is 0.381 e. The second-order valence-electron chi connectivity index (χ2n) is 5.47. The predicted octanol–water partition coefficient (Wildman–Crippen LogP) is 2.35. The van der Waals surface area contributed by atoms with Crippen molar-refractivity contribution in [3.63, 3.8) is 0 Å². The van der Waals surface area contributed by atoms with Crippen LogP contribution in [0.1, 0.15) is 45.4 Å². The standard InChI is InChI=1S/C14H27NO2/c1-3-17-14(8-10-16-11-9-14)13(15-2)7-6-12-4-5-12/h12-13,15H,3-11H2,1-2H3. The van der Waals surface area contributed by atoms with Crippen LogP contribution >= 0.6 is 0 Å². The van der Waals surface area contributed by atoms with Crippen LogP contribution < -0.4 is 5.32 Å². The van der Waals surface area contributed by atoms with Gasteiger partial charge in [-0.15, -0.1) is 0 Å². The molecule has 2 rings (SSSR count). The van der Waals surface area contributed by atoms with E-state index in [1.807, 2.05) is 0 Å². The minimum Gasteiger partial charge on any atom is -0.381 e. The van der Waals surface area contributed by atoms with Crippen LogP contribution in [0.5, 0.6) is 0 Å². The maximum Gasteiger partial charge on any atom is 0.0878 e. The van der Waals surface area contributed by atoms with Crippen LogP contribution in [0.2, 0.25) is 0 Å². The Morgan fingerprint density at radius 3 is 2.59 bits per heavy atom. The lowest BCUT2D eigenvalue weighted by Crippen LogP contribution is -2.54. The molecule has 2 aliphatic rings. The highest BCUT2D eigenvalue weighted by atomic mass is 16.5. The van der Waals surface area contributed by atoms with Crippen molar-refractivity contribution in [2.75, 3.05) is 26.9 Å². The number of nitrogens with one attached hydrogen (secondary N) is 1. The third-order valence-corrected chi connectivity index (χ3v) is 4.31. The lowest BCUT2D eigenvalue weighted by Gasteiger charge is -2.43. The molecule has 3 heteroatoms. The van der Waals surface area contributed by atoms with E-state index >= 15 is 0 Å². The molecule has 1 saturated carbocycles. The summed E-state index contributed by atoms with van der Waals surface area (Å²) in [5, 5.41) is 3.50. The Kier molecular flexibility index (Phi) is 4.83. The maximum atomic E-state index is 6.13. The normalized spacial score (nSPS) is 25.8. The summed E-state index contributed by atoms with van der Waals surface area (Å²) in [6.07, 6.45) is 7.58. The van der Waals surface area contributed by atoms with Crippen molar-refractivity contribution < 1.29 is 9.47 Å². The van der Waals surface area contributed by atoms with E-state index in [9.17, 15) is 0 Å². The van der Waals surface area contributed by atoms with Gasteiger partial charge in [0.1, 0.15) is 0 Å². The predicted molar refractivity (Wildman–Crippen MR) is 69.2 cm³/mol. The fourth-order valence-electron chi connectivity index (χ4n) is 3.08. The smallest absolute Gasteiger partial charge is 0.0878 e. The molecule has 0 bridgehead atoms. The number of hydrogen-bond acceptors (Lipinski definition) is 3. The highest BCUT2D eigenvalue weighted by Crippen LogP contribution is 2.37. The summed E-state index contributed by atoms with van der Waals surface area (Å²) in [6.45, 7) is 4.61. The first-order chi connectivity index (χ1) is 8.30. The first-order valence-corrected chi connectivity index (χ1v) is 7.19. The Balaban J connectivity index is 1.93. The third-order valence-electron chi connectivity index (χ3n) is 4.31. The van der Waals surface area contributed by atoms with Crippen molar-refractivity contribution in [1.82, 2.24) is 5.32 Å². The van der Waals surface area contributed by atoms with Gasteiger partial charge in [0.2, 0.25) is 0 Å². The van der Waals surface area contributed by atoms with Gasteiger partial charge in [0.25, 0.3) is 0 Å². The average Bonchev–Trinajstić information content (AvgIpc) is 3.15. The summed E-state index contributed by atoms with van der Waals surface area (Å²) >= 11 is 0.